The van der Waals surface area contributed by atoms with E-state index in [0.717, 1.165) is 24.9 Å². The number of nitrogens with zero attached hydrogens (tertiary/aromatic N) is 1. The maximum absolute atomic E-state index is 11.0. The minimum Gasteiger partial charge on any atom is -0.481 e. The van der Waals surface area contributed by atoms with E-state index >= 15 is 0 Å². The molecule has 1 aromatic rings. The number of hydrogen-bond donors (Lipinski definition) is 2. The second-order valence-electron chi connectivity index (χ2n) is 7.18. The molecule has 1 aliphatic rings. The van der Waals surface area contributed by atoms with E-state index in [-0.39, 0.29) is 17.6 Å². The molecule has 0 radical (unpaired) electrons. The van der Waals surface area contributed by atoms with Gasteiger partial charge in [0.25, 0.3) is 10.1 Å². The Hall–Kier alpha value is -1.73. The van der Waals surface area contributed by atoms with E-state index in [9.17, 15) is 13.2 Å². The van der Waals surface area contributed by atoms with Crippen LogP contribution in [0.1, 0.15) is 57.9 Å². The van der Waals surface area contributed by atoms with Crippen molar-refractivity contribution in [3.63, 3.8) is 0 Å². The van der Waals surface area contributed by atoms with E-state index in [1.165, 1.54) is 11.3 Å². The van der Waals surface area contributed by atoms with Crippen LogP contribution in [0, 0.1) is 0 Å². The summed E-state index contributed by atoms with van der Waals surface area (Å²) in [7, 11) is -3.95. The Morgan fingerprint density at radius 3 is 2.50 bits per heavy atom. The van der Waals surface area contributed by atoms with Crippen LogP contribution in [0.4, 0.5) is 5.69 Å². The highest BCUT2D eigenvalue weighted by Gasteiger charge is 2.45. The summed E-state index contributed by atoms with van der Waals surface area (Å²) in [4.78, 5) is 10.6. The first kappa shape index (κ1) is 20.6. The monoisotopic (exact) mass is 382 g/mol. The molecule has 7 heteroatoms. The third-order valence-corrected chi connectivity index (χ3v) is 6.15. The van der Waals surface area contributed by atoms with Gasteiger partial charge in [0.15, 0.2) is 5.71 Å². The molecule has 1 aliphatic heterocycles. The number of carbonyl (C=O) groups is 1. The lowest BCUT2D eigenvalue weighted by Gasteiger charge is -2.22. The Labute approximate surface area is 155 Å². The average Bonchev–Trinajstić information content (AvgIpc) is 2.76. The normalized spacial score (nSPS) is 19.7. The zero-order chi connectivity index (χ0) is 19.4. The summed E-state index contributed by atoms with van der Waals surface area (Å²) in [6.45, 7) is 4.81. The van der Waals surface area contributed by atoms with Gasteiger partial charge in [-0.15, -0.1) is 0 Å². The Balaban J connectivity index is 2.13. The molecule has 6 nitrogen and oxygen atoms in total. The van der Waals surface area contributed by atoms with Crippen molar-refractivity contribution in [3.05, 3.63) is 29.8 Å². The van der Waals surface area contributed by atoms with Gasteiger partial charge in [-0.05, 0) is 19.8 Å². The van der Waals surface area contributed by atoms with Crippen molar-refractivity contribution in [1.82, 2.24) is 0 Å². The zero-order valence-corrected chi connectivity index (χ0v) is 16.3. The molecule has 0 saturated heterocycles. The molecule has 0 saturated carbocycles. The lowest BCUT2D eigenvalue weighted by Crippen LogP contribution is -2.30. The number of unbranched alkanes of at least 4 members (excludes halogenated alkanes) is 2. The fourth-order valence-corrected chi connectivity index (χ4v) is 4.28. The molecular formula is C19H28NO5S+. The number of aliphatic carboxylic acids is 1. The molecule has 0 aliphatic carbocycles. The van der Waals surface area contributed by atoms with Gasteiger partial charge in [0.05, 0.1) is 11.2 Å². The van der Waals surface area contributed by atoms with Crippen LogP contribution in [-0.2, 0) is 20.3 Å². The maximum atomic E-state index is 11.0. The topological polar surface area (TPSA) is 94.7 Å². The van der Waals surface area contributed by atoms with E-state index in [0.29, 0.717) is 19.4 Å². The molecule has 0 spiro atoms. The molecule has 26 heavy (non-hydrogen) atoms. The highest BCUT2D eigenvalue weighted by molar-refractivity contribution is 7.85. The fraction of sp³-hybridized carbons (Fsp3) is 0.579. The van der Waals surface area contributed by atoms with Crippen molar-refractivity contribution in [2.24, 2.45) is 0 Å². The van der Waals surface area contributed by atoms with Gasteiger partial charge in [-0.3, -0.25) is 9.35 Å². The van der Waals surface area contributed by atoms with Crippen LogP contribution in [0.2, 0.25) is 0 Å². The van der Waals surface area contributed by atoms with Gasteiger partial charge in [-0.1, -0.05) is 31.0 Å². The van der Waals surface area contributed by atoms with Crippen molar-refractivity contribution in [2.45, 2.75) is 57.8 Å². The largest absolute Gasteiger partial charge is 0.481 e. The van der Waals surface area contributed by atoms with E-state index in [1.807, 2.05) is 18.2 Å². The van der Waals surface area contributed by atoms with E-state index < -0.39 is 16.1 Å². The van der Waals surface area contributed by atoms with Gasteiger partial charge in [-0.2, -0.15) is 13.0 Å². The van der Waals surface area contributed by atoms with Gasteiger partial charge < -0.3 is 5.11 Å². The van der Waals surface area contributed by atoms with E-state index in [4.69, 9.17) is 9.66 Å². The van der Waals surface area contributed by atoms with Crippen molar-refractivity contribution in [2.75, 3.05) is 12.3 Å². The molecule has 1 aromatic carbocycles. The van der Waals surface area contributed by atoms with Gasteiger partial charge in [0.1, 0.15) is 6.54 Å². The third kappa shape index (κ3) is 4.92. The molecule has 1 unspecified atom stereocenters. The second kappa shape index (κ2) is 8.31. The summed E-state index contributed by atoms with van der Waals surface area (Å²) < 4.78 is 33.1. The van der Waals surface area contributed by atoms with Crippen molar-refractivity contribution in [1.29, 1.82) is 0 Å². The Morgan fingerprint density at radius 1 is 1.15 bits per heavy atom. The summed E-state index contributed by atoms with van der Waals surface area (Å²) in [5, 5.41) is 8.75. The van der Waals surface area contributed by atoms with Crippen LogP contribution in [0.15, 0.2) is 24.3 Å². The Kier molecular flexibility index (Phi) is 6.58. The van der Waals surface area contributed by atoms with E-state index in [1.54, 1.807) is 0 Å². The first-order chi connectivity index (χ1) is 12.1. The predicted octanol–water partition coefficient (Wildman–Crippen LogP) is 3.38. The van der Waals surface area contributed by atoms with Crippen molar-refractivity contribution in [3.8, 4) is 0 Å². The number of carboxylic acids is 1. The second-order valence-corrected chi connectivity index (χ2v) is 8.75. The number of para-hydroxylation sites is 1. The molecule has 1 atom stereocenters. The lowest BCUT2D eigenvalue weighted by atomic mass is 9.76. The highest BCUT2D eigenvalue weighted by atomic mass is 32.2. The molecule has 144 valence electrons. The average molecular weight is 383 g/mol. The van der Waals surface area contributed by atoms with Gasteiger partial charge in [-0.25, -0.2) is 0 Å². The lowest BCUT2D eigenvalue weighted by molar-refractivity contribution is -0.438. The van der Waals surface area contributed by atoms with Gasteiger partial charge >= 0.3 is 5.97 Å². The van der Waals surface area contributed by atoms with Gasteiger partial charge in [0, 0.05) is 31.4 Å². The first-order valence-electron chi connectivity index (χ1n) is 9.03. The quantitative estimate of drug-likeness (QED) is 0.367. The number of hydrogen-bond acceptors (Lipinski definition) is 3. The number of rotatable bonds is 10. The summed E-state index contributed by atoms with van der Waals surface area (Å²) in [5.74, 6) is -1.000. The SMILES string of the molecule is CC1=[N+](CCCS(=O)(=O)O)c2ccccc2C1(C)CCCCCC(=O)O. The molecule has 0 bridgehead atoms. The van der Waals surface area contributed by atoms with Crippen LogP contribution in [0.5, 0.6) is 0 Å². The number of benzene rings is 1. The number of fused-ring (bicyclic) bond motifs is 1. The van der Waals surface area contributed by atoms with Crippen molar-refractivity contribution < 1.29 is 27.4 Å². The standard InChI is InChI=1S/C19H27NO5S/c1-15-19(2,12-7-3-4-11-18(21)22)16-9-5-6-10-17(16)20(15)13-8-14-26(23,24)25/h5-6,9-10H,3-4,7-8,11-14H2,1-2H3,(H-,21,22,23,24,25)/p+1. The highest BCUT2D eigenvalue weighted by Crippen LogP contribution is 2.42. The van der Waals surface area contributed by atoms with Crippen LogP contribution < -0.4 is 0 Å². The first-order valence-corrected chi connectivity index (χ1v) is 10.6. The minimum atomic E-state index is -3.95. The summed E-state index contributed by atoms with van der Waals surface area (Å²) in [5.41, 5.74) is 3.35. The smallest absolute Gasteiger partial charge is 0.303 e. The Bertz CT molecular complexity index is 800. The van der Waals surface area contributed by atoms with E-state index in [2.05, 4.69) is 24.5 Å². The summed E-state index contributed by atoms with van der Waals surface area (Å²) in [6, 6.07) is 8.14. The number of carboxylic acid groups (broad SMARTS) is 1. The molecule has 0 aromatic heterocycles. The zero-order valence-electron chi connectivity index (χ0n) is 15.4. The molecule has 0 fully saturated rings. The molecule has 0 amide bonds. The predicted molar refractivity (Wildman–Crippen MR) is 101 cm³/mol. The summed E-state index contributed by atoms with van der Waals surface area (Å²) >= 11 is 0. The van der Waals surface area contributed by atoms with Crippen LogP contribution in [-0.4, -0.2) is 46.6 Å². The maximum Gasteiger partial charge on any atom is 0.303 e. The Morgan fingerprint density at radius 2 is 1.85 bits per heavy atom. The van der Waals surface area contributed by atoms with Crippen LogP contribution >= 0.6 is 0 Å². The molecule has 2 rings (SSSR count). The van der Waals surface area contributed by atoms with Gasteiger partial charge in [0.2, 0.25) is 5.69 Å². The minimum absolute atomic E-state index is 0.141. The van der Waals surface area contributed by atoms with Crippen LogP contribution in [0.3, 0.4) is 0 Å². The fourth-order valence-electron chi connectivity index (χ4n) is 3.79. The molecule has 1 heterocycles. The third-order valence-electron chi connectivity index (χ3n) is 5.34. The van der Waals surface area contributed by atoms with Crippen molar-refractivity contribution >= 4 is 27.5 Å². The molecular weight excluding hydrogens is 354 g/mol. The molecule has 2 N–H and O–H groups in total. The van der Waals surface area contributed by atoms with Crippen LogP contribution in [0.25, 0.3) is 0 Å². The summed E-state index contributed by atoms with van der Waals surface area (Å²) in [6.07, 6.45) is 3.99.